The number of hydrogen-bond donors (Lipinski definition) is 1. The number of aryl methyl sites for hydroxylation is 1. The van der Waals surface area contributed by atoms with Gasteiger partial charge in [-0.3, -0.25) is 0 Å². The standard InChI is InChI=1S/C14H20N2O/c1-3-5-6-9-15-11-7-8-13-12(10-11)16-14(4-2)17-13/h7-8,10,15H,3-6,9H2,1-2H3. The number of benzene rings is 1. The molecule has 0 aliphatic carbocycles. The van der Waals surface area contributed by atoms with E-state index >= 15 is 0 Å². The van der Waals surface area contributed by atoms with Crippen molar-refractivity contribution >= 4 is 16.8 Å². The lowest BCUT2D eigenvalue weighted by Crippen LogP contribution is -2.00. The van der Waals surface area contributed by atoms with Crippen molar-refractivity contribution in [1.29, 1.82) is 0 Å². The van der Waals surface area contributed by atoms with Gasteiger partial charge in [-0.05, 0) is 24.6 Å². The van der Waals surface area contributed by atoms with Gasteiger partial charge in [0.25, 0.3) is 0 Å². The Bertz CT molecular complexity index is 476. The van der Waals surface area contributed by atoms with Crippen LogP contribution in [0.2, 0.25) is 0 Å². The van der Waals surface area contributed by atoms with Crippen molar-refractivity contribution in [2.75, 3.05) is 11.9 Å². The second kappa shape index (κ2) is 5.71. The van der Waals surface area contributed by atoms with Crippen LogP contribution in [0.1, 0.15) is 39.0 Å². The Labute approximate surface area is 102 Å². The highest BCUT2D eigenvalue weighted by molar-refractivity contribution is 5.77. The maximum Gasteiger partial charge on any atom is 0.195 e. The molecule has 0 amide bonds. The molecule has 2 aromatic rings. The Balaban J connectivity index is 2.03. The van der Waals surface area contributed by atoms with E-state index in [-0.39, 0.29) is 0 Å². The zero-order valence-corrected chi connectivity index (χ0v) is 10.6. The first-order valence-corrected chi connectivity index (χ1v) is 6.46. The van der Waals surface area contributed by atoms with Crippen LogP contribution in [0.4, 0.5) is 5.69 Å². The van der Waals surface area contributed by atoms with Crippen molar-refractivity contribution in [2.24, 2.45) is 0 Å². The van der Waals surface area contributed by atoms with E-state index in [2.05, 4.69) is 36.3 Å². The topological polar surface area (TPSA) is 38.1 Å². The largest absolute Gasteiger partial charge is 0.441 e. The molecule has 3 nitrogen and oxygen atoms in total. The summed E-state index contributed by atoms with van der Waals surface area (Å²) >= 11 is 0. The van der Waals surface area contributed by atoms with Gasteiger partial charge in [-0.25, -0.2) is 4.98 Å². The summed E-state index contributed by atoms with van der Waals surface area (Å²) in [5.74, 6) is 0.808. The van der Waals surface area contributed by atoms with Gasteiger partial charge < -0.3 is 9.73 Å². The molecule has 2 rings (SSSR count). The number of fused-ring (bicyclic) bond motifs is 1. The molecule has 1 N–H and O–H groups in total. The fraction of sp³-hybridized carbons (Fsp3) is 0.500. The average molecular weight is 232 g/mol. The molecule has 0 aliphatic rings. The normalized spacial score (nSPS) is 10.9. The quantitative estimate of drug-likeness (QED) is 0.765. The summed E-state index contributed by atoms with van der Waals surface area (Å²) in [6, 6.07) is 6.10. The van der Waals surface area contributed by atoms with Crippen LogP contribution in [0.15, 0.2) is 22.6 Å². The molecule has 1 aromatic heterocycles. The molecule has 0 aliphatic heterocycles. The van der Waals surface area contributed by atoms with Crippen LogP contribution < -0.4 is 5.32 Å². The number of anilines is 1. The molecule has 0 atom stereocenters. The molecule has 3 heteroatoms. The summed E-state index contributed by atoms with van der Waals surface area (Å²) in [4.78, 5) is 4.43. The molecule has 0 fully saturated rings. The second-order valence-electron chi connectivity index (χ2n) is 4.28. The lowest BCUT2D eigenvalue weighted by Gasteiger charge is -2.04. The number of rotatable bonds is 6. The van der Waals surface area contributed by atoms with Crippen molar-refractivity contribution < 1.29 is 4.42 Å². The monoisotopic (exact) mass is 232 g/mol. The fourth-order valence-electron chi connectivity index (χ4n) is 1.84. The van der Waals surface area contributed by atoms with Gasteiger partial charge in [0.1, 0.15) is 5.52 Å². The number of hydrogen-bond acceptors (Lipinski definition) is 3. The zero-order valence-electron chi connectivity index (χ0n) is 10.6. The number of oxazole rings is 1. The second-order valence-corrected chi connectivity index (χ2v) is 4.28. The molecule has 0 unspecified atom stereocenters. The summed E-state index contributed by atoms with van der Waals surface area (Å²) in [6.07, 6.45) is 4.59. The predicted molar refractivity (Wildman–Crippen MR) is 71.4 cm³/mol. The predicted octanol–water partition coefficient (Wildman–Crippen LogP) is 3.99. The van der Waals surface area contributed by atoms with Crippen molar-refractivity contribution in [3.63, 3.8) is 0 Å². The lowest BCUT2D eigenvalue weighted by atomic mass is 10.2. The molecule has 1 heterocycles. The maximum atomic E-state index is 5.58. The first-order chi connectivity index (χ1) is 8.33. The van der Waals surface area contributed by atoms with Gasteiger partial charge in [0.15, 0.2) is 11.5 Å². The highest BCUT2D eigenvalue weighted by Gasteiger charge is 2.04. The van der Waals surface area contributed by atoms with Gasteiger partial charge in [-0.15, -0.1) is 0 Å². The Morgan fingerprint density at radius 1 is 1.24 bits per heavy atom. The SMILES string of the molecule is CCCCCNc1ccc2oc(CC)nc2c1. The summed E-state index contributed by atoms with van der Waals surface area (Å²) in [6.45, 7) is 5.29. The Morgan fingerprint density at radius 3 is 2.88 bits per heavy atom. The minimum Gasteiger partial charge on any atom is -0.441 e. The Kier molecular flexibility index (Phi) is 4.02. The number of nitrogens with zero attached hydrogens (tertiary/aromatic N) is 1. The van der Waals surface area contributed by atoms with Gasteiger partial charge in [-0.1, -0.05) is 26.7 Å². The van der Waals surface area contributed by atoms with Crippen molar-refractivity contribution in [3.8, 4) is 0 Å². The third kappa shape index (κ3) is 2.99. The van der Waals surface area contributed by atoms with Gasteiger partial charge in [0.05, 0.1) is 0 Å². The third-order valence-corrected chi connectivity index (χ3v) is 2.84. The molecule has 0 spiro atoms. The summed E-state index contributed by atoms with van der Waals surface area (Å²) < 4.78 is 5.58. The third-order valence-electron chi connectivity index (χ3n) is 2.84. The molecule has 0 radical (unpaired) electrons. The molecule has 0 saturated heterocycles. The smallest absolute Gasteiger partial charge is 0.195 e. The van der Waals surface area contributed by atoms with Gasteiger partial charge in [0, 0.05) is 18.7 Å². The van der Waals surface area contributed by atoms with Crippen LogP contribution in [0, 0.1) is 0 Å². The number of aromatic nitrogens is 1. The van der Waals surface area contributed by atoms with Gasteiger partial charge >= 0.3 is 0 Å². The van der Waals surface area contributed by atoms with E-state index < -0.39 is 0 Å². The van der Waals surface area contributed by atoms with E-state index in [4.69, 9.17) is 4.42 Å². The Morgan fingerprint density at radius 2 is 2.12 bits per heavy atom. The van der Waals surface area contributed by atoms with E-state index in [0.29, 0.717) is 0 Å². The van der Waals surface area contributed by atoms with Gasteiger partial charge in [-0.2, -0.15) is 0 Å². The molecule has 0 bridgehead atoms. The van der Waals surface area contributed by atoms with E-state index in [1.54, 1.807) is 0 Å². The van der Waals surface area contributed by atoms with E-state index in [1.807, 2.05) is 6.07 Å². The molecule has 92 valence electrons. The fourth-order valence-corrected chi connectivity index (χ4v) is 1.84. The van der Waals surface area contributed by atoms with E-state index in [1.165, 1.54) is 19.3 Å². The molecule has 17 heavy (non-hydrogen) atoms. The van der Waals surface area contributed by atoms with E-state index in [0.717, 1.165) is 35.6 Å². The van der Waals surface area contributed by atoms with Crippen LogP contribution in [0.5, 0.6) is 0 Å². The first-order valence-electron chi connectivity index (χ1n) is 6.46. The van der Waals surface area contributed by atoms with Gasteiger partial charge in [0.2, 0.25) is 0 Å². The van der Waals surface area contributed by atoms with Crippen LogP contribution in [0.3, 0.4) is 0 Å². The Hall–Kier alpha value is -1.51. The van der Waals surface area contributed by atoms with Crippen LogP contribution >= 0.6 is 0 Å². The van der Waals surface area contributed by atoms with Crippen LogP contribution in [0.25, 0.3) is 11.1 Å². The molecular weight excluding hydrogens is 212 g/mol. The molecule has 1 aromatic carbocycles. The van der Waals surface area contributed by atoms with Crippen LogP contribution in [-0.4, -0.2) is 11.5 Å². The van der Waals surface area contributed by atoms with Crippen molar-refractivity contribution in [3.05, 3.63) is 24.1 Å². The highest BCUT2D eigenvalue weighted by Crippen LogP contribution is 2.20. The summed E-state index contributed by atoms with van der Waals surface area (Å²) in [5, 5.41) is 3.42. The summed E-state index contributed by atoms with van der Waals surface area (Å²) in [7, 11) is 0. The maximum absolute atomic E-state index is 5.58. The average Bonchev–Trinajstić information content (AvgIpc) is 2.77. The first kappa shape index (κ1) is 12.0. The highest BCUT2D eigenvalue weighted by atomic mass is 16.3. The van der Waals surface area contributed by atoms with Crippen molar-refractivity contribution in [2.45, 2.75) is 39.5 Å². The number of unbranched alkanes of at least 4 members (excludes halogenated alkanes) is 2. The zero-order chi connectivity index (χ0) is 12.1. The minimum atomic E-state index is 0.808. The molecule has 0 saturated carbocycles. The minimum absolute atomic E-state index is 0.808. The van der Waals surface area contributed by atoms with Crippen molar-refractivity contribution in [1.82, 2.24) is 4.98 Å². The number of nitrogens with one attached hydrogen (secondary N) is 1. The molecular formula is C14H20N2O. The lowest BCUT2D eigenvalue weighted by molar-refractivity contribution is 0.538. The van der Waals surface area contributed by atoms with Crippen LogP contribution in [-0.2, 0) is 6.42 Å². The van der Waals surface area contributed by atoms with E-state index in [9.17, 15) is 0 Å². The summed E-state index contributed by atoms with van der Waals surface area (Å²) in [5.41, 5.74) is 2.95.